The molecule has 2 amide bonds. The van der Waals surface area contributed by atoms with E-state index in [4.69, 9.17) is 10.5 Å². The number of likely N-dealkylation sites (tertiary alicyclic amines) is 1. The molecule has 2 N–H and O–H groups in total. The maximum Gasteiger partial charge on any atom is 0.339 e. The summed E-state index contributed by atoms with van der Waals surface area (Å²) in [4.78, 5) is 36.6. The van der Waals surface area contributed by atoms with Crippen LogP contribution in [0.2, 0.25) is 0 Å². The first-order valence-corrected chi connectivity index (χ1v) is 7.87. The third-order valence-electron chi connectivity index (χ3n) is 3.65. The number of esters is 1. The number of primary amides is 1. The Hall–Kier alpha value is -1.96. The lowest BCUT2D eigenvalue weighted by atomic mass is 9.97. The molecule has 8 heteroatoms. The Morgan fingerprint density at radius 3 is 2.83 bits per heavy atom. The van der Waals surface area contributed by atoms with Crippen molar-refractivity contribution in [1.29, 1.82) is 0 Å². The van der Waals surface area contributed by atoms with Gasteiger partial charge in [-0.05, 0) is 47.0 Å². The van der Waals surface area contributed by atoms with Crippen LogP contribution in [0.5, 0.6) is 0 Å². The van der Waals surface area contributed by atoms with E-state index in [0.717, 1.165) is 6.07 Å². The van der Waals surface area contributed by atoms with Gasteiger partial charge in [-0.15, -0.1) is 0 Å². The third kappa shape index (κ3) is 4.51. The first-order valence-electron chi connectivity index (χ1n) is 7.07. The van der Waals surface area contributed by atoms with Gasteiger partial charge in [0.1, 0.15) is 5.82 Å². The summed E-state index contributed by atoms with van der Waals surface area (Å²) < 4.78 is 18.5. The van der Waals surface area contributed by atoms with Gasteiger partial charge in [-0.1, -0.05) is 0 Å². The fraction of sp³-hybridized carbons (Fsp3) is 0.400. The number of hydrogen-bond donors (Lipinski definition) is 1. The standard InChI is InChI=1S/C15H16BrFN2O4/c16-12-4-3-10(17)6-11(12)15(22)23-8-13(20)19-5-1-2-9(7-19)14(18)21/h3-4,6,9H,1-2,5,7-8H2,(H2,18,21)/t9-/m0/s1. The Balaban J connectivity index is 1.92. The predicted molar refractivity (Wildman–Crippen MR) is 82.9 cm³/mol. The molecular formula is C15H16BrFN2O4. The second-order valence-corrected chi connectivity index (χ2v) is 6.14. The highest BCUT2D eigenvalue weighted by molar-refractivity contribution is 9.10. The van der Waals surface area contributed by atoms with Crippen molar-refractivity contribution < 1.29 is 23.5 Å². The van der Waals surface area contributed by atoms with Crippen molar-refractivity contribution in [3.8, 4) is 0 Å². The second-order valence-electron chi connectivity index (χ2n) is 5.28. The van der Waals surface area contributed by atoms with Gasteiger partial charge in [0.2, 0.25) is 5.91 Å². The molecule has 1 aliphatic heterocycles. The lowest BCUT2D eigenvalue weighted by Gasteiger charge is -2.31. The van der Waals surface area contributed by atoms with Crippen LogP contribution in [0.15, 0.2) is 22.7 Å². The highest BCUT2D eigenvalue weighted by Crippen LogP contribution is 2.19. The van der Waals surface area contributed by atoms with Crippen LogP contribution in [0.3, 0.4) is 0 Å². The number of carbonyl (C=O) groups excluding carboxylic acids is 3. The fourth-order valence-electron chi connectivity index (χ4n) is 2.39. The third-order valence-corrected chi connectivity index (χ3v) is 4.34. The van der Waals surface area contributed by atoms with Gasteiger partial charge in [-0.3, -0.25) is 9.59 Å². The molecule has 0 unspecified atom stereocenters. The van der Waals surface area contributed by atoms with E-state index < -0.39 is 30.2 Å². The van der Waals surface area contributed by atoms with Crippen LogP contribution in [0.4, 0.5) is 4.39 Å². The van der Waals surface area contributed by atoms with Crippen LogP contribution in [0.25, 0.3) is 0 Å². The molecule has 1 fully saturated rings. The zero-order valence-electron chi connectivity index (χ0n) is 12.3. The topological polar surface area (TPSA) is 89.7 Å². The largest absolute Gasteiger partial charge is 0.452 e. The zero-order valence-corrected chi connectivity index (χ0v) is 13.8. The molecule has 1 aromatic rings. The molecular weight excluding hydrogens is 371 g/mol. The summed E-state index contributed by atoms with van der Waals surface area (Å²) in [6, 6.07) is 3.61. The van der Waals surface area contributed by atoms with E-state index in [1.807, 2.05) is 0 Å². The summed E-state index contributed by atoms with van der Waals surface area (Å²) >= 11 is 3.12. The van der Waals surface area contributed by atoms with E-state index in [1.54, 1.807) is 0 Å². The van der Waals surface area contributed by atoms with E-state index in [2.05, 4.69) is 15.9 Å². The average molecular weight is 387 g/mol. The molecule has 6 nitrogen and oxygen atoms in total. The van der Waals surface area contributed by atoms with Gasteiger partial charge >= 0.3 is 5.97 Å². The van der Waals surface area contributed by atoms with Crippen molar-refractivity contribution >= 4 is 33.7 Å². The summed E-state index contributed by atoms with van der Waals surface area (Å²) in [5, 5.41) is 0. The molecule has 2 rings (SSSR count). The van der Waals surface area contributed by atoms with Gasteiger partial charge in [-0.2, -0.15) is 0 Å². The molecule has 0 bridgehead atoms. The lowest BCUT2D eigenvalue weighted by molar-refractivity contribution is -0.137. The first kappa shape index (κ1) is 17.4. The van der Waals surface area contributed by atoms with Gasteiger partial charge in [-0.25, -0.2) is 9.18 Å². The molecule has 0 aromatic heterocycles. The molecule has 0 saturated carbocycles. The average Bonchev–Trinajstić information content (AvgIpc) is 2.54. The maximum absolute atomic E-state index is 13.2. The number of halogens is 2. The van der Waals surface area contributed by atoms with Crippen LogP contribution in [0.1, 0.15) is 23.2 Å². The molecule has 1 heterocycles. The molecule has 124 valence electrons. The Kier molecular flexibility index (Phi) is 5.70. The van der Waals surface area contributed by atoms with Crippen LogP contribution in [-0.4, -0.2) is 42.4 Å². The molecule has 0 spiro atoms. The van der Waals surface area contributed by atoms with E-state index in [1.165, 1.54) is 17.0 Å². The number of piperidine rings is 1. The van der Waals surface area contributed by atoms with E-state index >= 15 is 0 Å². The number of nitrogens with zero attached hydrogens (tertiary/aromatic N) is 1. The fourth-order valence-corrected chi connectivity index (χ4v) is 2.79. The minimum absolute atomic E-state index is 0.00598. The molecule has 0 radical (unpaired) electrons. The minimum Gasteiger partial charge on any atom is -0.452 e. The number of carbonyl (C=O) groups is 3. The normalized spacial score (nSPS) is 17.7. The summed E-state index contributed by atoms with van der Waals surface area (Å²) in [6.07, 6.45) is 1.32. The quantitative estimate of drug-likeness (QED) is 0.793. The Morgan fingerprint density at radius 2 is 2.13 bits per heavy atom. The lowest BCUT2D eigenvalue weighted by Crippen LogP contribution is -2.45. The summed E-state index contributed by atoms with van der Waals surface area (Å²) in [5.41, 5.74) is 5.26. The Labute approximate surface area is 140 Å². The summed E-state index contributed by atoms with van der Waals surface area (Å²) in [5.74, 6) is -2.60. The van der Waals surface area contributed by atoms with Gasteiger partial charge in [0.15, 0.2) is 6.61 Å². The highest BCUT2D eigenvalue weighted by atomic mass is 79.9. The van der Waals surface area contributed by atoms with Gasteiger partial charge in [0.05, 0.1) is 11.5 Å². The Morgan fingerprint density at radius 1 is 1.39 bits per heavy atom. The maximum atomic E-state index is 13.2. The van der Waals surface area contributed by atoms with E-state index in [-0.39, 0.29) is 18.0 Å². The number of nitrogens with two attached hydrogens (primary N) is 1. The summed E-state index contributed by atoms with van der Waals surface area (Å²) in [6.45, 7) is 0.256. The molecule has 1 saturated heterocycles. The molecule has 1 aliphatic rings. The smallest absolute Gasteiger partial charge is 0.339 e. The molecule has 1 atom stereocenters. The van der Waals surface area contributed by atoms with Gasteiger partial charge in [0.25, 0.3) is 5.91 Å². The highest BCUT2D eigenvalue weighted by Gasteiger charge is 2.27. The minimum atomic E-state index is -0.798. The van der Waals surface area contributed by atoms with Gasteiger partial charge in [0, 0.05) is 17.6 Å². The number of amides is 2. The van der Waals surface area contributed by atoms with Crippen molar-refractivity contribution in [3.63, 3.8) is 0 Å². The van der Waals surface area contributed by atoms with E-state index in [9.17, 15) is 18.8 Å². The van der Waals surface area contributed by atoms with Crippen molar-refractivity contribution in [2.24, 2.45) is 11.7 Å². The SMILES string of the molecule is NC(=O)[C@H]1CCCN(C(=O)COC(=O)c2cc(F)ccc2Br)C1. The van der Waals surface area contributed by atoms with Crippen LogP contribution in [0, 0.1) is 11.7 Å². The summed E-state index contributed by atoms with van der Waals surface area (Å²) in [7, 11) is 0. The zero-order chi connectivity index (χ0) is 17.0. The molecule has 23 heavy (non-hydrogen) atoms. The number of rotatable bonds is 4. The van der Waals surface area contributed by atoms with Crippen molar-refractivity contribution in [2.45, 2.75) is 12.8 Å². The van der Waals surface area contributed by atoms with Crippen molar-refractivity contribution in [3.05, 3.63) is 34.1 Å². The first-order chi connectivity index (χ1) is 10.9. The second kappa shape index (κ2) is 7.54. The predicted octanol–water partition coefficient (Wildman–Crippen LogP) is 1.47. The Bertz CT molecular complexity index is 638. The van der Waals surface area contributed by atoms with Crippen LogP contribution in [-0.2, 0) is 14.3 Å². The van der Waals surface area contributed by atoms with Gasteiger partial charge < -0.3 is 15.4 Å². The molecule has 0 aliphatic carbocycles. The van der Waals surface area contributed by atoms with Crippen LogP contribution >= 0.6 is 15.9 Å². The number of hydrogen-bond acceptors (Lipinski definition) is 4. The van der Waals surface area contributed by atoms with E-state index in [0.29, 0.717) is 23.9 Å². The van der Waals surface area contributed by atoms with Crippen molar-refractivity contribution in [2.75, 3.05) is 19.7 Å². The number of benzene rings is 1. The molecule has 1 aromatic carbocycles. The number of ether oxygens (including phenoxy) is 1. The monoisotopic (exact) mass is 386 g/mol. The van der Waals surface area contributed by atoms with Crippen molar-refractivity contribution in [1.82, 2.24) is 4.90 Å². The van der Waals surface area contributed by atoms with Crippen LogP contribution < -0.4 is 5.73 Å².